The van der Waals surface area contributed by atoms with E-state index in [9.17, 15) is 5.11 Å². The number of rotatable bonds is 5. The van der Waals surface area contributed by atoms with Crippen LogP contribution in [0, 0.1) is 0 Å². The normalized spacial score (nSPS) is 21.5. The summed E-state index contributed by atoms with van der Waals surface area (Å²) in [5.41, 5.74) is -0.423. The minimum absolute atomic E-state index is 0.423. The van der Waals surface area contributed by atoms with E-state index in [1.54, 1.807) is 7.11 Å². The first-order valence-corrected chi connectivity index (χ1v) is 4.69. The summed E-state index contributed by atoms with van der Waals surface area (Å²) in [5.74, 6) is 0. The summed E-state index contributed by atoms with van der Waals surface area (Å²) in [5, 5.41) is 13.1. The van der Waals surface area contributed by atoms with Crippen LogP contribution in [-0.4, -0.2) is 37.5 Å². The molecule has 0 aromatic carbocycles. The zero-order valence-corrected chi connectivity index (χ0v) is 7.81. The maximum atomic E-state index is 9.89. The van der Waals surface area contributed by atoms with Crippen molar-refractivity contribution in [2.45, 2.75) is 31.3 Å². The van der Waals surface area contributed by atoms with Crippen LogP contribution in [0.15, 0.2) is 0 Å². The minimum Gasteiger partial charge on any atom is -0.389 e. The fraction of sp³-hybridized carbons (Fsp3) is 1.00. The molecule has 1 saturated carbocycles. The van der Waals surface area contributed by atoms with Crippen LogP contribution < -0.4 is 5.32 Å². The number of nitrogens with one attached hydrogen (secondary N) is 1. The van der Waals surface area contributed by atoms with Gasteiger partial charge in [0.25, 0.3) is 0 Å². The first-order valence-electron chi connectivity index (χ1n) is 4.69. The second-order valence-electron chi connectivity index (χ2n) is 3.60. The van der Waals surface area contributed by atoms with Crippen molar-refractivity contribution in [2.24, 2.45) is 0 Å². The van der Waals surface area contributed by atoms with Crippen molar-refractivity contribution in [1.82, 2.24) is 5.32 Å². The molecule has 0 amide bonds. The summed E-state index contributed by atoms with van der Waals surface area (Å²) >= 11 is 0. The van der Waals surface area contributed by atoms with E-state index in [2.05, 4.69) is 5.32 Å². The summed E-state index contributed by atoms with van der Waals surface area (Å²) < 4.78 is 4.90. The Kier molecular flexibility index (Phi) is 3.98. The van der Waals surface area contributed by atoms with Crippen LogP contribution in [0.4, 0.5) is 0 Å². The van der Waals surface area contributed by atoms with Crippen molar-refractivity contribution in [3.63, 3.8) is 0 Å². The lowest BCUT2D eigenvalue weighted by Crippen LogP contribution is -2.39. The van der Waals surface area contributed by atoms with E-state index in [1.807, 2.05) is 0 Å². The average molecular weight is 173 g/mol. The van der Waals surface area contributed by atoms with Crippen LogP contribution in [0.1, 0.15) is 25.7 Å². The first-order chi connectivity index (χ1) is 5.77. The van der Waals surface area contributed by atoms with E-state index in [0.29, 0.717) is 0 Å². The van der Waals surface area contributed by atoms with Crippen LogP contribution in [-0.2, 0) is 4.74 Å². The lowest BCUT2D eigenvalue weighted by atomic mass is 10.0. The van der Waals surface area contributed by atoms with Gasteiger partial charge in [0, 0.05) is 20.2 Å². The van der Waals surface area contributed by atoms with Gasteiger partial charge in [-0.3, -0.25) is 0 Å². The van der Waals surface area contributed by atoms with Crippen LogP contribution in [0.3, 0.4) is 0 Å². The van der Waals surface area contributed by atoms with Gasteiger partial charge >= 0.3 is 0 Å². The number of hydrogen-bond acceptors (Lipinski definition) is 3. The summed E-state index contributed by atoms with van der Waals surface area (Å²) in [7, 11) is 1.69. The molecule has 0 heterocycles. The van der Waals surface area contributed by atoms with E-state index in [4.69, 9.17) is 4.74 Å². The van der Waals surface area contributed by atoms with E-state index in [-0.39, 0.29) is 0 Å². The topological polar surface area (TPSA) is 41.5 Å². The highest BCUT2D eigenvalue weighted by atomic mass is 16.5. The Hall–Kier alpha value is -0.120. The van der Waals surface area contributed by atoms with Crippen LogP contribution in [0.2, 0.25) is 0 Å². The number of hydrogen-bond donors (Lipinski definition) is 2. The van der Waals surface area contributed by atoms with Crippen LogP contribution in [0.5, 0.6) is 0 Å². The molecule has 0 atom stereocenters. The van der Waals surface area contributed by atoms with Gasteiger partial charge in [0.05, 0.1) is 12.2 Å². The van der Waals surface area contributed by atoms with Crippen molar-refractivity contribution in [2.75, 3.05) is 26.8 Å². The molecule has 1 fully saturated rings. The van der Waals surface area contributed by atoms with Crippen molar-refractivity contribution in [3.8, 4) is 0 Å². The van der Waals surface area contributed by atoms with Crippen molar-refractivity contribution in [1.29, 1.82) is 0 Å². The first kappa shape index (κ1) is 9.96. The number of ether oxygens (including phenoxy) is 1. The molecule has 1 aliphatic carbocycles. The third kappa shape index (κ3) is 3.09. The number of methoxy groups -OCH3 is 1. The predicted octanol–water partition coefficient (Wildman–Crippen LogP) is 0.527. The lowest BCUT2D eigenvalue weighted by molar-refractivity contribution is 0.0461. The molecule has 12 heavy (non-hydrogen) atoms. The van der Waals surface area contributed by atoms with Gasteiger partial charge < -0.3 is 15.2 Å². The molecule has 0 bridgehead atoms. The molecule has 2 N–H and O–H groups in total. The van der Waals surface area contributed by atoms with E-state index in [0.717, 1.165) is 32.5 Å². The molecule has 0 aromatic rings. The third-order valence-electron chi connectivity index (χ3n) is 2.47. The van der Waals surface area contributed by atoms with Crippen LogP contribution in [0.25, 0.3) is 0 Å². The molecule has 0 saturated heterocycles. The molecule has 3 heteroatoms. The third-order valence-corrected chi connectivity index (χ3v) is 2.47. The fourth-order valence-electron chi connectivity index (χ4n) is 1.71. The van der Waals surface area contributed by atoms with Gasteiger partial charge in [-0.15, -0.1) is 0 Å². The SMILES string of the molecule is COCCNCC1(O)CCCC1. The van der Waals surface area contributed by atoms with Gasteiger partial charge in [-0.2, -0.15) is 0 Å². The zero-order chi connectivity index (χ0) is 8.86. The second kappa shape index (κ2) is 4.80. The Morgan fingerprint density at radius 3 is 2.67 bits per heavy atom. The fourth-order valence-corrected chi connectivity index (χ4v) is 1.71. The van der Waals surface area contributed by atoms with E-state index in [1.165, 1.54) is 12.8 Å². The maximum Gasteiger partial charge on any atom is 0.0771 e. The quantitative estimate of drug-likeness (QED) is 0.596. The summed E-state index contributed by atoms with van der Waals surface area (Å²) in [6.45, 7) is 2.27. The Morgan fingerprint density at radius 2 is 2.08 bits per heavy atom. The number of aliphatic hydroxyl groups is 1. The molecule has 0 unspecified atom stereocenters. The van der Waals surface area contributed by atoms with Crippen molar-refractivity contribution >= 4 is 0 Å². The molecule has 0 radical (unpaired) electrons. The Morgan fingerprint density at radius 1 is 1.42 bits per heavy atom. The highest BCUT2D eigenvalue weighted by Crippen LogP contribution is 2.28. The van der Waals surface area contributed by atoms with E-state index >= 15 is 0 Å². The van der Waals surface area contributed by atoms with Crippen molar-refractivity contribution in [3.05, 3.63) is 0 Å². The second-order valence-corrected chi connectivity index (χ2v) is 3.60. The highest BCUT2D eigenvalue weighted by molar-refractivity contribution is 4.85. The molecule has 0 spiro atoms. The predicted molar refractivity (Wildman–Crippen MR) is 48.2 cm³/mol. The zero-order valence-electron chi connectivity index (χ0n) is 7.81. The lowest BCUT2D eigenvalue weighted by Gasteiger charge is -2.22. The van der Waals surface area contributed by atoms with Crippen molar-refractivity contribution < 1.29 is 9.84 Å². The van der Waals surface area contributed by atoms with Gasteiger partial charge in [0.15, 0.2) is 0 Å². The van der Waals surface area contributed by atoms with Gasteiger partial charge in [0.2, 0.25) is 0 Å². The summed E-state index contributed by atoms with van der Waals surface area (Å²) in [4.78, 5) is 0. The van der Waals surface area contributed by atoms with Gasteiger partial charge in [-0.05, 0) is 12.8 Å². The van der Waals surface area contributed by atoms with Gasteiger partial charge in [-0.1, -0.05) is 12.8 Å². The standard InChI is InChI=1S/C9H19NO2/c1-12-7-6-10-8-9(11)4-2-3-5-9/h10-11H,2-8H2,1H3. The summed E-state index contributed by atoms with van der Waals surface area (Å²) in [6.07, 6.45) is 4.24. The molecule has 0 aliphatic heterocycles. The smallest absolute Gasteiger partial charge is 0.0771 e. The Balaban J connectivity index is 2.05. The minimum atomic E-state index is -0.423. The molecule has 3 nitrogen and oxygen atoms in total. The summed E-state index contributed by atoms with van der Waals surface area (Å²) in [6, 6.07) is 0. The highest BCUT2D eigenvalue weighted by Gasteiger charge is 2.30. The maximum absolute atomic E-state index is 9.89. The van der Waals surface area contributed by atoms with Crippen LogP contribution >= 0.6 is 0 Å². The largest absolute Gasteiger partial charge is 0.389 e. The average Bonchev–Trinajstić information content (AvgIpc) is 2.47. The molecule has 72 valence electrons. The molecule has 1 rings (SSSR count). The Bertz CT molecular complexity index is 122. The molecular formula is C9H19NO2. The molecular weight excluding hydrogens is 154 g/mol. The van der Waals surface area contributed by atoms with Gasteiger partial charge in [0.1, 0.15) is 0 Å². The molecule has 0 aromatic heterocycles. The molecule has 1 aliphatic rings. The van der Waals surface area contributed by atoms with E-state index < -0.39 is 5.60 Å². The van der Waals surface area contributed by atoms with Gasteiger partial charge in [-0.25, -0.2) is 0 Å². The monoisotopic (exact) mass is 173 g/mol. The Labute approximate surface area is 74.1 Å².